The van der Waals surface area contributed by atoms with E-state index in [2.05, 4.69) is 19.2 Å². The normalized spacial score (nSPS) is 14.8. The van der Waals surface area contributed by atoms with E-state index in [9.17, 15) is 10.2 Å². The van der Waals surface area contributed by atoms with Gasteiger partial charge in [-0.15, -0.1) is 0 Å². The van der Waals surface area contributed by atoms with E-state index in [0.717, 1.165) is 12.8 Å². The minimum absolute atomic E-state index is 0.299. The highest BCUT2D eigenvalue weighted by Gasteiger charge is 2.17. The monoisotopic (exact) mass is 203 g/mol. The predicted octanol–water partition coefficient (Wildman–Crippen LogP) is 1.14. The van der Waals surface area contributed by atoms with Gasteiger partial charge in [-0.3, -0.25) is 0 Å². The smallest absolute Gasteiger partial charge is 0.0715 e. The van der Waals surface area contributed by atoms with E-state index in [-0.39, 0.29) is 6.10 Å². The maximum Gasteiger partial charge on any atom is 0.0715 e. The Morgan fingerprint density at radius 1 is 1.21 bits per heavy atom. The van der Waals surface area contributed by atoms with Gasteiger partial charge in [0.25, 0.3) is 0 Å². The average molecular weight is 203 g/mol. The molecule has 3 heteroatoms. The van der Waals surface area contributed by atoms with Crippen molar-refractivity contribution in [3.63, 3.8) is 0 Å². The molecule has 0 aromatic rings. The number of aliphatic hydroxyl groups is 2. The molecule has 0 saturated heterocycles. The Balaban J connectivity index is 3.67. The van der Waals surface area contributed by atoms with Crippen LogP contribution in [0.25, 0.3) is 0 Å². The van der Waals surface area contributed by atoms with E-state index in [1.165, 1.54) is 0 Å². The molecule has 1 atom stereocenters. The van der Waals surface area contributed by atoms with Crippen LogP contribution < -0.4 is 5.32 Å². The van der Waals surface area contributed by atoms with Crippen LogP contribution in [0, 0.1) is 5.92 Å². The quantitative estimate of drug-likeness (QED) is 0.581. The van der Waals surface area contributed by atoms with Gasteiger partial charge >= 0.3 is 0 Å². The van der Waals surface area contributed by atoms with Gasteiger partial charge in [-0.1, -0.05) is 26.7 Å². The van der Waals surface area contributed by atoms with E-state index in [4.69, 9.17) is 0 Å². The van der Waals surface area contributed by atoms with E-state index in [1.54, 1.807) is 13.8 Å². The summed E-state index contributed by atoms with van der Waals surface area (Å²) in [5.74, 6) is 0.365. The number of aliphatic hydroxyl groups excluding tert-OH is 1. The molecule has 0 radical (unpaired) electrons. The lowest BCUT2D eigenvalue weighted by atomic mass is 9.96. The highest BCUT2D eigenvalue weighted by atomic mass is 16.3. The first kappa shape index (κ1) is 13.9. The molecule has 0 heterocycles. The first-order valence-electron chi connectivity index (χ1n) is 5.51. The van der Waals surface area contributed by atoms with Crippen molar-refractivity contribution in [3.05, 3.63) is 0 Å². The first-order chi connectivity index (χ1) is 6.40. The molecule has 0 bridgehead atoms. The van der Waals surface area contributed by atoms with Gasteiger partial charge in [-0.25, -0.2) is 0 Å². The van der Waals surface area contributed by atoms with Gasteiger partial charge in [-0.05, 0) is 19.8 Å². The number of hydrogen-bond donors (Lipinski definition) is 3. The topological polar surface area (TPSA) is 52.5 Å². The number of hydrogen-bond acceptors (Lipinski definition) is 3. The zero-order valence-corrected chi connectivity index (χ0v) is 9.88. The summed E-state index contributed by atoms with van der Waals surface area (Å²) in [6, 6.07) is 0. The van der Waals surface area contributed by atoms with E-state index < -0.39 is 5.60 Å². The predicted molar refractivity (Wildman–Crippen MR) is 59.2 cm³/mol. The fourth-order valence-electron chi connectivity index (χ4n) is 1.53. The Hall–Kier alpha value is -0.120. The van der Waals surface area contributed by atoms with Crippen LogP contribution in [-0.4, -0.2) is 35.0 Å². The first-order valence-corrected chi connectivity index (χ1v) is 5.51. The van der Waals surface area contributed by atoms with Crippen molar-refractivity contribution in [3.8, 4) is 0 Å². The molecule has 3 nitrogen and oxygen atoms in total. The fourth-order valence-corrected chi connectivity index (χ4v) is 1.53. The molecule has 0 aliphatic carbocycles. The molecule has 0 spiro atoms. The van der Waals surface area contributed by atoms with E-state index >= 15 is 0 Å². The Morgan fingerprint density at radius 3 is 2.07 bits per heavy atom. The van der Waals surface area contributed by atoms with Crippen molar-refractivity contribution < 1.29 is 10.2 Å². The van der Waals surface area contributed by atoms with Gasteiger partial charge in [0.15, 0.2) is 0 Å². The zero-order chi connectivity index (χ0) is 11.2. The largest absolute Gasteiger partial charge is 0.392 e. The lowest BCUT2D eigenvalue weighted by Gasteiger charge is -2.23. The third-order valence-electron chi connectivity index (χ3n) is 2.50. The second-order valence-corrected chi connectivity index (χ2v) is 4.59. The second kappa shape index (κ2) is 6.38. The number of rotatable bonds is 7. The standard InChI is InChI=1S/C11H25NO2/c1-5-9(6-2)10(13)7-12-8-11(3,4)14/h9-10,12-14H,5-8H2,1-4H3. The van der Waals surface area contributed by atoms with Gasteiger partial charge in [-0.2, -0.15) is 0 Å². The summed E-state index contributed by atoms with van der Waals surface area (Å²) in [6.45, 7) is 8.77. The summed E-state index contributed by atoms with van der Waals surface area (Å²) in [7, 11) is 0. The SMILES string of the molecule is CCC(CC)C(O)CNCC(C)(C)O. The molecule has 3 N–H and O–H groups in total. The Labute approximate surface area is 87.5 Å². The van der Waals surface area contributed by atoms with Crippen LogP contribution in [0.4, 0.5) is 0 Å². The molecular weight excluding hydrogens is 178 g/mol. The summed E-state index contributed by atoms with van der Waals surface area (Å²) in [6.07, 6.45) is 1.70. The van der Waals surface area contributed by atoms with Gasteiger partial charge in [0.2, 0.25) is 0 Å². The summed E-state index contributed by atoms with van der Waals surface area (Å²) in [4.78, 5) is 0. The lowest BCUT2D eigenvalue weighted by molar-refractivity contribution is 0.0638. The van der Waals surface area contributed by atoms with Crippen LogP contribution >= 0.6 is 0 Å². The van der Waals surface area contributed by atoms with E-state index in [0.29, 0.717) is 19.0 Å². The molecule has 14 heavy (non-hydrogen) atoms. The summed E-state index contributed by atoms with van der Waals surface area (Å²) < 4.78 is 0. The van der Waals surface area contributed by atoms with Gasteiger partial charge in [0.1, 0.15) is 0 Å². The molecular formula is C11H25NO2. The maximum atomic E-state index is 9.76. The lowest BCUT2D eigenvalue weighted by Crippen LogP contribution is -2.40. The molecule has 0 aromatic heterocycles. The van der Waals surface area contributed by atoms with Crippen molar-refractivity contribution in [2.45, 2.75) is 52.2 Å². The van der Waals surface area contributed by atoms with E-state index in [1.807, 2.05) is 0 Å². The van der Waals surface area contributed by atoms with Gasteiger partial charge < -0.3 is 15.5 Å². The second-order valence-electron chi connectivity index (χ2n) is 4.59. The molecule has 0 aromatic carbocycles. The number of nitrogens with one attached hydrogen (secondary N) is 1. The van der Waals surface area contributed by atoms with Gasteiger partial charge in [0.05, 0.1) is 11.7 Å². The zero-order valence-electron chi connectivity index (χ0n) is 9.88. The van der Waals surface area contributed by atoms with Crippen molar-refractivity contribution in [2.75, 3.05) is 13.1 Å². The van der Waals surface area contributed by atoms with Crippen molar-refractivity contribution >= 4 is 0 Å². The summed E-state index contributed by atoms with van der Waals surface area (Å²) in [5.41, 5.74) is -0.701. The third-order valence-corrected chi connectivity index (χ3v) is 2.50. The maximum absolute atomic E-state index is 9.76. The fraction of sp³-hybridized carbons (Fsp3) is 1.00. The van der Waals surface area contributed by atoms with Gasteiger partial charge in [0, 0.05) is 13.1 Å². The molecule has 0 aliphatic rings. The minimum Gasteiger partial charge on any atom is -0.392 e. The summed E-state index contributed by atoms with van der Waals surface area (Å²) in [5, 5.41) is 22.3. The Bertz CT molecular complexity index is 139. The van der Waals surface area contributed by atoms with Crippen LogP contribution in [0.5, 0.6) is 0 Å². The van der Waals surface area contributed by atoms with Crippen LogP contribution in [0.2, 0.25) is 0 Å². The molecule has 0 fully saturated rings. The van der Waals surface area contributed by atoms with Crippen LogP contribution in [-0.2, 0) is 0 Å². The van der Waals surface area contributed by atoms with Crippen molar-refractivity contribution in [1.29, 1.82) is 0 Å². The molecule has 86 valence electrons. The van der Waals surface area contributed by atoms with Crippen molar-refractivity contribution in [2.24, 2.45) is 5.92 Å². The third kappa shape index (κ3) is 6.35. The van der Waals surface area contributed by atoms with Crippen LogP contribution in [0.3, 0.4) is 0 Å². The Morgan fingerprint density at radius 2 is 1.71 bits per heavy atom. The highest BCUT2D eigenvalue weighted by molar-refractivity contribution is 4.73. The van der Waals surface area contributed by atoms with Crippen LogP contribution in [0.1, 0.15) is 40.5 Å². The minimum atomic E-state index is -0.701. The average Bonchev–Trinajstić information content (AvgIpc) is 2.04. The summed E-state index contributed by atoms with van der Waals surface area (Å²) >= 11 is 0. The molecule has 0 rings (SSSR count). The highest BCUT2D eigenvalue weighted by Crippen LogP contribution is 2.12. The van der Waals surface area contributed by atoms with Crippen LogP contribution in [0.15, 0.2) is 0 Å². The van der Waals surface area contributed by atoms with Crippen molar-refractivity contribution in [1.82, 2.24) is 5.32 Å². The Kier molecular flexibility index (Phi) is 6.33. The molecule has 0 amide bonds. The molecule has 0 aliphatic heterocycles. The molecule has 1 unspecified atom stereocenters. The molecule has 0 saturated carbocycles.